The number of ether oxygens (including phenoxy) is 2. The van der Waals surface area contributed by atoms with E-state index in [0.717, 1.165) is 41.8 Å². The summed E-state index contributed by atoms with van der Waals surface area (Å²) in [7, 11) is 0. The average molecular weight is 345 g/mol. The number of fused-ring (bicyclic) bond motifs is 2. The molecule has 1 amide bonds. The SMILES string of the molecule is CCCCCCCCN1C(=O)C2(OCCCO2)c2c(C)ccc(C)c21. The van der Waals surface area contributed by atoms with Crippen molar-refractivity contribution in [1.82, 2.24) is 0 Å². The van der Waals surface area contributed by atoms with E-state index in [0.29, 0.717) is 13.2 Å². The Morgan fingerprint density at radius 1 is 1.00 bits per heavy atom. The normalized spacial score (nSPS) is 18.8. The van der Waals surface area contributed by atoms with Gasteiger partial charge in [-0.25, -0.2) is 0 Å². The van der Waals surface area contributed by atoms with E-state index in [-0.39, 0.29) is 5.91 Å². The van der Waals surface area contributed by atoms with Gasteiger partial charge in [-0.1, -0.05) is 51.2 Å². The van der Waals surface area contributed by atoms with Crippen molar-refractivity contribution in [2.45, 2.75) is 71.5 Å². The summed E-state index contributed by atoms with van der Waals surface area (Å²) in [6.45, 7) is 8.24. The molecule has 1 spiro atoms. The molecule has 0 bridgehead atoms. The Morgan fingerprint density at radius 2 is 1.64 bits per heavy atom. The zero-order chi connectivity index (χ0) is 17.9. The van der Waals surface area contributed by atoms with Crippen LogP contribution < -0.4 is 4.90 Å². The lowest BCUT2D eigenvalue weighted by Crippen LogP contribution is -2.47. The van der Waals surface area contributed by atoms with Gasteiger partial charge in [0.25, 0.3) is 11.7 Å². The molecule has 1 saturated heterocycles. The molecule has 0 saturated carbocycles. The van der Waals surface area contributed by atoms with Gasteiger partial charge < -0.3 is 14.4 Å². The van der Waals surface area contributed by atoms with Crippen molar-refractivity contribution < 1.29 is 14.3 Å². The molecular weight excluding hydrogens is 314 g/mol. The largest absolute Gasteiger partial charge is 0.338 e. The van der Waals surface area contributed by atoms with Crippen LogP contribution in [0.15, 0.2) is 12.1 Å². The maximum atomic E-state index is 13.3. The topological polar surface area (TPSA) is 38.8 Å². The fraction of sp³-hybridized carbons (Fsp3) is 0.667. The van der Waals surface area contributed by atoms with Crippen LogP contribution in [0, 0.1) is 13.8 Å². The number of anilines is 1. The van der Waals surface area contributed by atoms with E-state index >= 15 is 0 Å². The van der Waals surface area contributed by atoms with E-state index < -0.39 is 5.79 Å². The first-order valence-electron chi connectivity index (χ1n) is 9.82. The fourth-order valence-corrected chi connectivity index (χ4v) is 4.01. The Labute approximate surface area is 151 Å². The van der Waals surface area contributed by atoms with Crippen molar-refractivity contribution in [3.63, 3.8) is 0 Å². The zero-order valence-electron chi connectivity index (χ0n) is 15.9. The lowest BCUT2D eigenvalue weighted by atomic mass is 9.97. The van der Waals surface area contributed by atoms with Gasteiger partial charge in [0.05, 0.1) is 18.9 Å². The van der Waals surface area contributed by atoms with Gasteiger partial charge in [0, 0.05) is 12.1 Å². The van der Waals surface area contributed by atoms with Crippen LogP contribution in [0.4, 0.5) is 5.69 Å². The molecule has 2 aliphatic heterocycles. The van der Waals surface area contributed by atoms with Crippen molar-refractivity contribution >= 4 is 11.6 Å². The highest BCUT2D eigenvalue weighted by molar-refractivity contribution is 6.07. The van der Waals surface area contributed by atoms with Crippen LogP contribution in [-0.2, 0) is 20.1 Å². The molecule has 4 nitrogen and oxygen atoms in total. The quantitative estimate of drug-likeness (QED) is 0.678. The van der Waals surface area contributed by atoms with Crippen LogP contribution in [0.3, 0.4) is 0 Å². The monoisotopic (exact) mass is 345 g/mol. The second-order valence-electron chi connectivity index (χ2n) is 7.31. The van der Waals surface area contributed by atoms with Gasteiger partial charge in [0.1, 0.15) is 0 Å². The molecule has 2 heterocycles. The smallest absolute Gasteiger partial charge is 0.292 e. The van der Waals surface area contributed by atoms with Gasteiger partial charge >= 0.3 is 0 Å². The molecule has 0 aromatic heterocycles. The first-order valence-corrected chi connectivity index (χ1v) is 9.82. The van der Waals surface area contributed by atoms with E-state index in [2.05, 4.69) is 26.0 Å². The number of amides is 1. The molecule has 25 heavy (non-hydrogen) atoms. The minimum absolute atomic E-state index is 0.0341. The second kappa shape index (κ2) is 7.88. The predicted molar refractivity (Wildman–Crippen MR) is 99.8 cm³/mol. The van der Waals surface area contributed by atoms with Crippen molar-refractivity contribution in [2.75, 3.05) is 24.7 Å². The summed E-state index contributed by atoms with van der Waals surface area (Å²) in [6, 6.07) is 4.16. The van der Waals surface area contributed by atoms with Gasteiger partial charge in [-0.3, -0.25) is 4.79 Å². The Kier molecular flexibility index (Phi) is 5.80. The lowest BCUT2D eigenvalue weighted by molar-refractivity contribution is -0.257. The summed E-state index contributed by atoms with van der Waals surface area (Å²) in [5, 5.41) is 0. The molecule has 0 N–H and O–H groups in total. The zero-order valence-corrected chi connectivity index (χ0v) is 15.9. The van der Waals surface area contributed by atoms with Crippen LogP contribution >= 0.6 is 0 Å². The molecule has 0 unspecified atom stereocenters. The number of rotatable bonds is 7. The Balaban J connectivity index is 1.81. The maximum Gasteiger partial charge on any atom is 0.292 e. The Bertz CT molecular complexity index is 620. The number of hydrogen-bond donors (Lipinski definition) is 0. The van der Waals surface area contributed by atoms with E-state index in [1.54, 1.807) is 0 Å². The number of carbonyl (C=O) groups excluding carboxylic acids is 1. The van der Waals surface area contributed by atoms with Crippen molar-refractivity contribution in [3.05, 3.63) is 28.8 Å². The third-order valence-electron chi connectivity index (χ3n) is 5.35. The van der Waals surface area contributed by atoms with E-state index in [1.807, 2.05) is 11.8 Å². The summed E-state index contributed by atoms with van der Waals surface area (Å²) in [6.07, 6.45) is 8.12. The molecule has 0 radical (unpaired) electrons. The fourth-order valence-electron chi connectivity index (χ4n) is 4.01. The van der Waals surface area contributed by atoms with Crippen LogP contribution in [-0.4, -0.2) is 25.7 Å². The van der Waals surface area contributed by atoms with Gasteiger partial charge in [-0.05, 0) is 37.8 Å². The maximum absolute atomic E-state index is 13.3. The molecule has 1 aromatic carbocycles. The van der Waals surface area contributed by atoms with E-state index in [4.69, 9.17) is 9.47 Å². The van der Waals surface area contributed by atoms with Crippen molar-refractivity contribution in [3.8, 4) is 0 Å². The predicted octanol–water partition coefficient (Wildman–Crippen LogP) is 4.60. The van der Waals surface area contributed by atoms with E-state index in [1.165, 1.54) is 32.1 Å². The van der Waals surface area contributed by atoms with Crippen molar-refractivity contribution in [2.24, 2.45) is 0 Å². The third kappa shape index (κ3) is 3.34. The van der Waals surface area contributed by atoms with Crippen LogP contribution in [0.5, 0.6) is 0 Å². The molecule has 3 rings (SSSR count). The highest BCUT2D eigenvalue weighted by Crippen LogP contribution is 2.48. The summed E-state index contributed by atoms with van der Waals surface area (Å²) < 4.78 is 12.0. The Hall–Kier alpha value is -1.39. The molecule has 0 aliphatic carbocycles. The molecule has 1 fully saturated rings. The van der Waals surface area contributed by atoms with E-state index in [9.17, 15) is 4.79 Å². The first-order chi connectivity index (χ1) is 12.1. The summed E-state index contributed by atoms with van der Waals surface area (Å²) in [5.41, 5.74) is 4.14. The van der Waals surface area contributed by atoms with Gasteiger partial charge in [0.2, 0.25) is 0 Å². The number of carbonyl (C=O) groups is 1. The molecule has 138 valence electrons. The molecule has 1 aromatic rings. The minimum Gasteiger partial charge on any atom is -0.338 e. The molecular formula is C21H31NO3. The molecule has 0 atom stereocenters. The number of benzene rings is 1. The standard InChI is InChI=1S/C21H31NO3/c1-4-5-6-7-8-9-13-22-19-17(3)12-11-16(2)18(19)21(20(22)23)24-14-10-15-25-21/h11-12H,4-10,13-15H2,1-3H3. The number of hydrogen-bond acceptors (Lipinski definition) is 3. The molecule has 4 heteroatoms. The molecule has 2 aliphatic rings. The first kappa shape index (κ1) is 18.4. The van der Waals surface area contributed by atoms with Crippen LogP contribution in [0.1, 0.15) is 68.6 Å². The number of nitrogens with zero attached hydrogens (tertiary/aromatic N) is 1. The highest BCUT2D eigenvalue weighted by atomic mass is 16.7. The summed E-state index contributed by atoms with van der Waals surface area (Å²) in [4.78, 5) is 15.2. The van der Waals surface area contributed by atoms with Gasteiger partial charge in [-0.15, -0.1) is 0 Å². The Morgan fingerprint density at radius 3 is 2.36 bits per heavy atom. The third-order valence-corrected chi connectivity index (χ3v) is 5.35. The summed E-state index contributed by atoms with van der Waals surface area (Å²) in [5.74, 6) is -1.24. The van der Waals surface area contributed by atoms with Crippen molar-refractivity contribution in [1.29, 1.82) is 0 Å². The van der Waals surface area contributed by atoms with Crippen LogP contribution in [0.25, 0.3) is 0 Å². The minimum atomic E-state index is -1.20. The second-order valence-corrected chi connectivity index (χ2v) is 7.31. The van der Waals surface area contributed by atoms with Crippen LogP contribution in [0.2, 0.25) is 0 Å². The number of aryl methyl sites for hydroxylation is 2. The van der Waals surface area contributed by atoms with Gasteiger partial charge in [0.15, 0.2) is 0 Å². The number of unbranched alkanes of at least 4 members (excludes halogenated alkanes) is 5. The summed E-state index contributed by atoms with van der Waals surface area (Å²) >= 11 is 0. The average Bonchev–Trinajstić information content (AvgIpc) is 2.85. The highest BCUT2D eigenvalue weighted by Gasteiger charge is 2.55. The lowest BCUT2D eigenvalue weighted by Gasteiger charge is -2.33. The van der Waals surface area contributed by atoms with Gasteiger partial charge in [-0.2, -0.15) is 0 Å².